The van der Waals surface area contributed by atoms with Crippen LogP contribution in [0.4, 0.5) is 5.69 Å². The van der Waals surface area contributed by atoms with Gasteiger partial charge >= 0.3 is 5.97 Å². The summed E-state index contributed by atoms with van der Waals surface area (Å²) in [6.07, 6.45) is 1.66. The summed E-state index contributed by atoms with van der Waals surface area (Å²) in [5, 5.41) is 0. The molecule has 5 nitrogen and oxygen atoms in total. The van der Waals surface area contributed by atoms with Crippen LogP contribution in [-0.2, 0) is 16.0 Å². The quantitative estimate of drug-likeness (QED) is 0.878. The first kappa shape index (κ1) is 13.4. The molecule has 2 aromatic rings. The van der Waals surface area contributed by atoms with Gasteiger partial charge in [-0.15, -0.1) is 0 Å². The Balaban J connectivity index is 1.70. The number of benzene rings is 1. The SMILES string of the molecule is C[C@@H](OC(=O)c1ccc[nH]1)C(=O)N1CCc2ccccc21. The lowest BCUT2D eigenvalue weighted by Crippen LogP contribution is -2.39. The van der Waals surface area contributed by atoms with Crippen molar-refractivity contribution in [3.8, 4) is 0 Å². The Kier molecular flexibility index (Phi) is 3.48. The van der Waals surface area contributed by atoms with E-state index in [1.165, 1.54) is 0 Å². The minimum Gasteiger partial charge on any atom is -0.448 e. The molecule has 1 aliphatic rings. The van der Waals surface area contributed by atoms with Gasteiger partial charge in [-0.3, -0.25) is 4.79 Å². The lowest BCUT2D eigenvalue weighted by Gasteiger charge is -2.21. The van der Waals surface area contributed by atoms with Gasteiger partial charge in [-0.2, -0.15) is 0 Å². The third kappa shape index (κ3) is 2.54. The van der Waals surface area contributed by atoms with Gasteiger partial charge in [0.1, 0.15) is 5.69 Å². The second-order valence-electron chi connectivity index (χ2n) is 5.00. The minimum absolute atomic E-state index is 0.195. The van der Waals surface area contributed by atoms with E-state index in [0.717, 1.165) is 17.7 Å². The average Bonchev–Trinajstić information content (AvgIpc) is 3.15. The van der Waals surface area contributed by atoms with Crippen LogP contribution in [0.3, 0.4) is 0 Å². The number of rotatable bonds is 3. The number of hydrogen-bond acceptors (Lipinski definition) is 3. The number of amides is 1. The van der Waals surface area contributed by atoms with Crippen LogP contribution in [0.25, 0.3) is 0 Å². The summed E-state index contributed by atoms with van der Waals surface area (Å²) in [5.41, 5.74) is 2.40. The second-order valence-corrected chi connectivity index (χ2v) is 5.00. The maximum Gasteiger partial charge on any atom is 0.355 e. The fourth-order valence-corrected chi connectivity index (χ4v) is 2.52. The molecule has 0 aliphatic carbocycles. The number of ether oxygens (including phenoxy) is 1. The molecular weight excluding hydrogens is 268 g/mol. The zero-order valence-corrected chi connectivity index (χ0v) is 11.7. The molecule has 5 heteroatoms. The van der Waals surface area contributed by atoms with Gasteiger partial charge in [-0.25, -0.2) is 4.79 Å². The van der Waals surface area contributed by atoms with Gasteiger partial charge in [0.2, 0.25) is 0 Å². The maximum atomic E-state index is 12.5. The van der Waals surface area contributed by atoms with Crippen LogP contribution in [0.2, 0.25) is 0 Å². The van der Waals surface area contributed by atoms with Gasteiger partial charge in [0.15, 0.2) is 6.10 Å². The summed E-state index contributed by atoms with van der Waals surface area (Å²) in [6, 6.07) is 11.1. The van der Waals surface area contributed by atoms with E-state index < -0.39 is 12.1 Å². The first-order chi connectivity index (χ1) is 10.2. The van der Waals surface area contributed by atoms with Crippen molar-refractivity contribution in [3.63, 3.8) is 0 Å². The molecule has 1 aliphatic heterocycles. The van der Waals surface area contributed by atoms with Crippen molar-refractivity contribution in [3.05, 3.63) is 53.9 Å². The number of anilines is 1. The molecule has 1 aromatic carbocycles. The summed E-state index contributed by atoms with van der Waals surface area (Å²) in [6.45, 7) is 2.23. The van der Waals surface area contributed by atoms with E-state index >= 15 is 0 Å². The third-order valence-electron chi connectivity index (χ3n) is 3.60. The number of fused-ring (bicyclic) bond motifs is 1. The molecule has 0 unspecified atom stereocenters. The number of para-hydroxylation sites is 1. The summed E-state index contributed by atoms with van der Waals surface area (Å²) >= 11 is 0. The molecule has 0 spiro atoms. The Hall–Kier alpha value is -2.56. The van der Waals surface area contributed by atoms with Gasteiger partial charge in [0.25, 0.3) is 5.91 Å². The predicted molar refractivity (Wildman–Crippen MR) is 78.2 cm³/mol. The van der Waals surface area contributed by atoms with E-state index in [9.17, 15) is 9.59 Å². The molecule has 0 radical (unpaired) electrons. The monoisotopic (exact) mass is 284 g/mol. The molecule has 1 aromatic heterocycles. The predicted octanol–water partition coefficient (Wildman–Crippen LogP) is 2.15. The van der Waals surface area contributed by atoms with Gasteiger partial charge in [-0.05, 0) is 37.1 Å². The van der Waals surface area contributed by atoms with Crippen molar-refractivity contribution in [2.24, 2.45) is 0 Å². The molecule has 21 heavy (non-hydrogen) atoms. The van der Waals surface area contributed by atoms with Crippen LogP contribution in [0.15, 0.2) is 42.6 Å². The lowest BCUT2D eigenvalue weighted by atomic mass is 10.2. The average molecular weight is 284 g/mol. The number of nitrogens with one attached hydrogen (secondary N) is 1. The Morgan fingerprint density at radius 2 is 2.05 bits per heavy atom. The Morgan fingerprint density at radius 1 is 1.24 bits per heavy atom. The molecule has 1 N–H and O–H groups in total. The highest BCUT2D eigenvalue weighted by atomic mass is 16.5. The number of esters is 1. The molecule has 0 fully saturated rings. The summed E-state index contributed by atoms with van der Waals surface area (Å²) in [4.78, 5) is 28.8. The number of hydrogen-bond donors (Lipinski definition) is 1. The molecule has 0 saturated heterocycles. The van der Waals surface area contributed by atoms with E-state index in [1.807, 2.05) is 24.3 Å². The second kappa shape index (κ2) is 5.44. The van der Waals surface area contributed by atoms with Crippen molar-refractivity contribution in [1.29, 1.82) is 0 Å². The molecule has 1 atom stereocenters. The molecular formula is C16H16N2O3. The van der Waals surface area contributed by atoms with E-state index in [2.05, 4.69) is 4.98 Å². The highest BCUT2D eigenvalue weighted by Gasteiger charge is 2.29. The molecule has 3 rings (SSSR count). The molecule has 0 bridgehead atoms. The third-order valence-corrected chi connectivity index (χ3v) is 3.60. The van der Waals surface area contributed by atoms with Crippen LogP contribution < -0.4 is 4.90 Å². The number of carbonyl (C=O) groups excluding carboxylic acids is 2. The summed E-state index contributed by atoms with van der Waals surface area (Å²) < 4.78 is 5.22. The van der Waals surface area contributed by atoms with Crippen LogP contribution >= 0.6 is 0 Å². The number of aromatic nitrogens is 1. The highest BCUT2D eigenvalue weighted by Crippen LogP contribution is 2.28. The smallest absolute Gasteiger partial charge is 0.355 e. The van der Waals surface area contributed by atoms with E-state index in [-0.39, 0.29) is 5.91 Å². The first-order valence-electron chi connectivity index (χ1n) is 6.90. The normalized spacial score (nSPS) is 14.6. The number of aromatic amines is 1. The van der Waals surface area contributed by atoms with Crippen molar-refractivity contribution < 1.29 is 14.3 Å². The fourth-order valence-electron chi connectivity index (χ4n) is 2.52. The Labute approximate surface area is 122 Å². The molecule has 0 saturated carbocycles. The molecule has 2 heterocycles. The number of carbonyl (C=O) groups is 2. The number of nitrogens with zero attached hydrogens (tertiary/aromatic N) is 1. The van der Waals surface area contributed by atoms with E-state index in [0.29, 0.717) is 12.2 Å². The molecule has 1 amide bonds. The largest absolute Gasteiger partial charge is 0.448 e. The summed E-state index contributed by atoms with van der Waals surface area (Å²) in [5.74, 6) is -0.715. The van der Waals surface area contributed by atoms with Gasteiger partial charge in [0.05, 0.1) is 0 Å². The van der Waals surface area contributed by atoms with Crippen molar-refractivity contribution >= 4 is 17.6 Å². The van der Waals surface area contributed by atoms with Crippen molar-refractivity contribution in [2.45, 2.75) is 19.4 Å². The first-order valence-corrected chi connectivity index (χ1v) is 6.90. The maximum absolute atomic E-state index is 12.5. The number of H-pyrrole nitrogens is 1. The van der Waals surface area contributed by atoms with Crippen LogP contribution in [0, 0.1) is 0 Å². The van der Waals surface area contributed by atoms with Crippen molar-refractivity contribution in [1.82, 2.24) is 4.98 Å². The van der Waals surface area contributed by atoms with E-state index in [4.69, 9.17) is 4.74 Å². The highest BCUT2D eigenvalue weighted by molar-refractivity contribution is 6.00. The lowest BCUT2D eigenvalue weighted by molar-refractivity contribution is -0.126. The van der Waals surface area contributed by atoms with Gasteiger partial charge in [-0.1, -0.05) is 18.2 Å². The zero-order chi connectivity index (χ0) is 14.8. The zero-order valence-electron chi connectivity index (χ0n) is 11.7. The van der Waals surface area contributed by atoms with Gasteiger partial charge in [0, 0.05) is 18.4 Å². The Morgan fingerprint density at radius 3 is 2.81 bits per heavy atom. The minimum atomic E-state index is -0.813. The van der Waals surface area contributed by atoms with Crippen LogP contribution in [0.1, 0.15) is 23.0 Å². The van der Waals surface area contributed by atoms with Crippen molar-refractivity contribution in [2.75, 3.05) is 11.4 Å². The Bertz CT molecular complexity index is 664. The fraction of sp³-hybridized carbons (Fsp3) is 0.250. The topological polar surface area (TPSA) is 62.4 Å². The molecule has 108 valence electrons. The standard InChI is InChI=1S/C16H16N2O3/c1-11(21-16(20)13-6-4-9-17-13)15(19)18-10-8-12-5-2-3-7-14(12)18/h2-7,9,11,17H,8,10H2,1H3/t11-/m1/s1. The van der Waals surface area contributed by atoms with Crippen LogP contribution in [0.5, 0.6) is 0 Å². The van der Waals surface area contributed by atoms with Crippen LogP contribution in [-0.4, -0.2) is 29.5 Å². The van der Waals surface area contributed by atoms with Gasteiger partial charge < -0.3 is 14.6 Å². The van der Waals surface area contributed by atoms with E-state index in [1.54, 1.807) is 30.2 Å². The summed E-state index contributed by atoms with van der Waals surface area (Å²) in [7, 11) is 0.